The molecule has 0 bridgehead atoms. The van der Waals surface area contributed by atoms with Crippen molar-refractivity contribution in [3.8, 4) is 0 Å². The van der Waals surface area contributed by atoms with Crippen LogP contribution in [0.15, 0.2) is 64.5 Å². The highest BCUT2D eigenvalue weighted by Crippen LogP contribution is 2.01. The molecule has 0 spiro atoms. The summed E-state index contributed by atoms with van der Waals surface area (Å²) < 4.78 is 4.87. The molecule has 0 fully saturated rings. The molecule has 0 saturated heterocycles. The Morgan fingerprint density at radius 3 is 2.70 bits per heavy atom. The Labute approximate surface area is 133 Å². The van der Waals surface area contributed by atoms with E-state index in [2.05, 4.69) is 15.8 Å². The number of amides is 2. The van der Waals surface area contributed by atoms with E-state index in [1.165, 1.54) is 18.6 Å². The maximum atomic E-state index is 11.6. The maximum absolute atomic E-state index is 11.6. The number of nitrogens with zero attached hydrogens (tertiary/aromatic N) is 1. The van der Waals surface area contributed by atoms with Crippen molar-refractivity contribution in [3.63, 3.8) is 0 Å². The summed E-state index contributed by atoms with van der Waals surface area (Å²) in [5.41, 5.74) is 4.77. The monoisotopic (exact) mass is 311 g/mol. The van der Waals surface area contributed by atoms with E-state index in [-0.39, 0.29) is 12.5 Å². The Bertz CT molecular complexity index is 704. The summed E-state index contributed by atoms with van der Waals surface area (Å²) >= 11 is 0. The Morgan fingerprint density at radius 2 is 2.00 bits per heavy atom. The first-order valence-electron chi connectivity index (χ1n) is 7.02. The van der Waals surface area contributed by atoms with Crippen LogP contribution < -0.4 is 10.7 Å². The number of benzene rings is 1. The second-order valence-corrected chi connectivity index (χ2v) is 4.71. The molecule has 0 unspecified atom stereocenters. The summed E-state index contributed by atoms with van der Waals surface area (Å²) in [7, 11) is 0. The minimum atomic E-state index is -0.398. The fourth-order valence-corrected chi connectivity index (χ4v) is 1.70. The van der Waals surface area contributed by atoms with Crippen molar-refractivity contribution in [1.82, 2.24) is 10.7 Å². The van der Waals surface area contributed by atoms with Gasteiger partial charge in [0.05, 0.1) is 24.8 Å². The van der Waals surface area contributed by atoms with Crippen molar-refractivity contribution >= 4 is 23.6 Å². The van der Waals surface area contributed by atoms with Crippen LogP contribution in [-0.2, 0) is 9.59 Å². The van der Waals surface area contributed by atoms with Crippen molar-refractivity contribution in [2.45, 2.75) is 6.92 Å². The minimum Gasteiger partial charge on any atom is -0.472 e. The summed E-state index contributed by atoms with van der Waals surface area (Å²) in [5.74, 6) is -0.768. The van der Waals surface area contributed by atoms with Gasteiger partial charge in [0.25, 0.3) is 5.91 Å². The molecule has 0 aliphatic heterocycles. The Kier molecular flexibility index (Phi) is 5.88. The van der Waals surface area contributed by atoms with E-state index in [1.807, 2.05) is 30.3 Å². The molecule has 23 heavy (non-hydrogen) atoms. The predicted molar refractivity (Wildman–Crippen MR) is 87.5 cm³/mol. The van der Waals surface area contributed by atoms with Crippen molar-refractivity contribution in [2.75, 3.05) is 6.54 Å². The van der Waals surface area contributed by atoms with E-state index in [1.54, 1.807) is 19.1 Å². The standard InChI is InChI=1S/C17H17N3O3/c1-13(15-5-3-2-4-6-15)19-20-17(22)11-18-16(21)8-7-14-9-10-23-12-14/h2-10,12H,11H2,1H3,(H,18,21)(H,20,22). The molecule has 118 valence electrons. The molecule has 2 amide bonds. The third kappa shape index (κ3) is 5.62. The number of rotatable bonds is 6. The first kappa shape index (κ1) is 16.2. The molecule has 0 aliphatic rings. The van der Waals surface area contributed by atoms with Crippen LogP contribution in [0.4, 0.5) is 0 Å². The number of hydrogen-bond acceptors (Lipinski definition) is 4. The molecule has 6 nitrogen and oxygen atoms in total. The highest BCUT2D eigenvalue weighted by atomic mass is 16.3. The van der Waals surface area contributed by atoms with Gasteiger partial charge in [-0.2, -0.15) is 5.10 Å². The molecule has 0 aliphatic carbocycles. The zero-order valence-electron chi connectivity index (χ0n) is 12.7. The number of hydrazone groups is 1. The molecular formula is C17H17N3O3. The van der Waals surface area contributed by atoms with Crippen molar-refractivity contribution < 1.29 is 14.0 Å². The molecule has 0 atom stereocenters. The quantitative estimate of drug-likeness (QED) is 0.486. The number of nitrogens with one attached hydrogen (secondary N) is 2. The van der Waals surface area contributed by atoms with Crippen LogP contribution in [-0.4, -0.2) is 24.1 Å². The van der Waals surface area contributed by atoms with Crippen LogP contribution in [0.2, 0.25) is 0 Å². The van der Waals surface area contributed by atoms with Gasteiger partial charge >= 0.3 is 0 Å². The summed E-state index contributed by atoms with van der Waals surface area (Å²) in [4.78, 5) is 23.2. The SMILES string of the molecule is CC(=NNC(=O)CNC(=O)C=Cc1ccoc1)c1ccccc1. The van der Waals surface area contributed by atoms with Crippen LogP contribution >= 0.6 is 0 Å². The van der Waals surface area contributed by atoms with E-state index in [0.29, 0.717) is 5.71 Å². The second kappa shape index (κ2) is 8.33. The van der Waals surface area contributed by atoms with Gasteiger partial charge in [0, 0.05) is 11.6 Å². The third-order valence-corrected chi connectivity index (χ3v) is 2.93. The van der Waals surface area contributed by atoms with Crippen LogP contribution in [0.5, 0.6) is 0 Å². The van der Waals surface area contributed by atoms with E-state index >= 15 is 0 Å². The molecule has 0 saturated carbocycles. The van der Waals surface area contributed by atoms with Gasteiger partial charge < -0.3 is 9.73 Å². The van der Waals surface area contributed by atoms with Gasteiger partial charge in [-0.05, 0) is 24.6 Å². The smallest absolute Gasteiger partial charge is 0.259 e. The fourth-order valence-electron chi connectivity index (χ4n) is 1.70. The van der Waals surface area contributed by atoms with Gasteiger partial charge in [-0.1, -0.05) is 30.3 Å². The van der Waals surface area contributed by atoms with Crippen molar-refractivity contribution in [2.24, 2.45) is 5.10 Å². The Morgan fingerprint density at radius 1 is 1.22 bits per heavy atom. The lowest BCUT2D eigenvalue weighted by atomic mass is 10.1. The number of carbonyl (C=O) groups excluding carboxylic acids is 2. The van der Waals surface area contributed by atoms with Gasteiger partial charge in [0.1, 0.15) is 0 Å². The molecule has 2 N–H and O–H groups in total. The zero-order valence-corrected chi connectivity index (χ0v) is 12.7. The van der Waals surface area contributed by atoms with Crippen molar-refractivity contribution in [1.29, 1.82) is 0 Å². The molecule has 2 rings (SSSR count). The number of hydrogen-bond donors (Lipinski definition) is 2. The Hall–Kier alpha value is -3.15. The van der Waals surface area contributed by atoms with E-state index in [4.69, 9.17) is 4.42 Å². The average molecular weight is 311 g/mol. The summed E-state index contributed by atoms with van der Waals surface area (Å²) in [6.45, 7) is 1.64. The number of furan rings is 1. The highest BCUT2D eigenvalue weighted by Gasteiger charge is 2.03. The molecular weight excluding hydrogens is 294 g/mol. The van der Waals surface area contributed by atoms with E-state index in [9.17, 15) is 9.59 Å². The second-order valence-electron chi connectivity index (χ2n) is 4.71. The summed E-state index contributed by atoms with van der Waals surface area (Å²) in [5, 5.41) is 6.47. The predicted octanol–water partition coefficient (Wildman–Crippen LogP) is 1.95. The van der Waals surface area contributed by atoms with Crippen LogP contribution in [0.25, 0.3) is 6.08 Å². The largest absolute Gasteiger partial charge is 0.472 e. The van der Waals surface area contributed by atoms with E-state index < -0.39 is 5.91 Å². The van der Waals surface area contributed by atoms with Crippen LogP contribution in [0.3, 0.4) is 0 Å². The van der Waals surface area contributed by atoms with Crippen LogP contribution in [0.1, 0.15) is 18.1 Å². The minimum absolute atomic E-state index is 0.153. The maximum Gasteiger partial charge on any atom is 0.259 e. The lowest BCUT2D eigenvalue weighted by Gasteiger charge is -2.03. The first-order chi connectivity index (χ1) is 11.1. The van der Waals surface area contributed by atoms with Gasteiger partial charge in [-0.15, -0.1) is 0 Å². The third-order valence-electron chi connectivity index (χ3n) is 2.93. The molecule has 1 aromatic carbocycles. The lowest BCUT2D eigenvalue weighted by molar-refractivity contribution is -0.123. The summed E-state index contributed by atoms with van der Waals surface area (Å²) in [6, 6.07) is 11.2. The van der Waals surface area contributed by atoms with Gasteiger partial charge in [0.15, 0.2) is 0 Å². The molecule has 6 heteroatoms. The molecule has 1 heterocycles. The topological polar surface area (TPSA) is 83.7 Å². The first-order valence-corrected chi connectivity index (χ1v) is 7.02. The fraction of sp³-hybridized carbons (Fsp3) is 0.118. The molecule has 1 aromatic heterocycles. The van der Waals surface area contributed by atoms with Gasteiger partial charge in [-0.3, -0.25) is 9.59 Å². The van der Waals surface area contributed by atoms with Crippen molar-refractivity contribution in [3.05, 3.63) is 66.1 Å². The van der Waals surface area contributed by atoms with Gasteiger partial charge in [0.2, 0.25) is 5.91 Å². The number of carbonyl (C=O) groups is 2. The van der Waals surface area contributed by atoms with Crippen LogP contribution in [0, 0.1) is 0 Å². The molecule has 2 aromatic rings. The average Bonchev–Trinajstić information content (AvgIpc) is 3.10. The van der Waals surface area contributed by atoms with Gasteiger partial charge in [-0.25, -0.2) is 5.43 Å². The van der Waals surface area contributed by atoms with E-state index in [0.717, 1.165) is 11.1 Å². The highest BCUT2D eigenvalue weighted by molar-refractivity contribution is 5.99. The normalized spacial score (nSPS) is 11.4. The Balaban J connectivity index is 1.75. The zero-order chi connectivity index (χ0) is 16.5. The summed E-state index contributed by atoms with van der Waals surface area (Å²) in [6.07, 6.45) is 5.95. The lowest BCUT2D eigenvalue weighted by Crippen LogP contribution is -2.34. The molecule has 0 radical (unpaired) electrons.